The number of halogens is 12. The highest BCUT2D eigenvalue weighted by Gasteiger charge is 2.89. The van der Waals surface area contributed by atoms with E-state index in [0.29, 0.717) is 0 Å². The van der Waals surface area contributed by atoms with Crippen molar-refractivity contribution < 1.29 is 62.9 Å². The quantitative estimate of drug-likeness (QED) is 0.148. The molecule has 2 nitrogen and oxygen atoms in total. The normalized spacial score (nSPS) is 14.8. The minimum atomic E-state index is -7.56. The number of alkyl halides is 12. The average Bonchev–Trinajstić information content (AvgIpc) is 2.67. The Hall–Kier alpha value is -1.18. The van der Waals surface area contributed by atoms with Crippen molar-refractivity contribution >= 4 is 0 Å². The summed E-state index contributed by atoms with van der Waals surface area (Å²) in [5.74, 6) is -42.4. The molecule has 0 saturated heterocycles. The predicted molar refractivity (Wildman–Crippen MR) is 89.9 cm³/mol. The molecule has 0 aliphatic rings. The van der Waals surface area contributed by atoms with Crippen molar-refractivity contribution in [1.82, 2.24) is 0 Å². The van der Waals surface area contributed by atoms with Crippen molar-refractivity contribution in [3.05, 3.63) is 12.7 Å². The van der Waals surface area contributed by atoms with E-state index in [4.69, 9.17) is 10.2 Å². The minimum absolute atomic E-state index is 0.0219. The summed E-state index contributed by atoms with van der Waals surface area (Å²) >= 11 is 0. The SMILES string of the molecule is C=CCCCCC(F)(F)C(F)(F)C(F)(F)C(F)(F)C(F)(F)C(F)(F)CCCC(CO)CO. The third-order valence-corrected chi connectivity index (χ3v) is 4.87. The smallest absolute Gasteiger partial charge is 0.384 e. The largest absolute Gasteiger partial charge is 0.396 e. The van der Waals surface area contributed by atoms with E-state index >= 15 is 0 Å². The number of allylic oxidation sites excluding steroid dienone is 1. The molecule has 192 valence electrons. The van der Waals surface area contributed by atoms with Gasteiger partial charge in [0.25, 0.3) is 0 Å². The lowest BCUT2D eigenvalue weighted by molar-refractivity contribution is -0.425. The van der Waals surface area contributed by atoms with E-state index < -0.39 is 86.8 Å². The van der Waals surface area contributed by atoms with Crippen LogP contribution in [0, 0.1) is 5.92 Å². The molecule has 0 saturated carbocycles. The summed E-state index contributed by atoms with van der Waals surface area (Å²) in [5.41, 5.74) is 0. The fraction of sp³-hybridized carbons (Fsp3) is 0.889. The van der Waals surface area contributed by atoms with Crippen molar-refractivity contribution in [2.75, 3.05) is 13.2 Å². The highest BCUT2D eigenvalue weighted by atomic mass is 19.4. The molecule has 0 spiro atoms. The summed E-state index contributed by atoms with van der Waals surface area (Å²) in [6.45, 7) is 1.56. The van der Waals surface area contributed by atoms with E-state index in [1.54, 1.807) is 0 Å². The van der Waals surface area contributed by atoms with Gasteiger partial charge in [0.15, 0.2) is 0 Å². The molecule has 0 fully saturated rings. The number of hydrogen-bond donors (Lipinski definition) is 2. The van der Waals surface area contributed by atoms with Crippen LogP contribution in [0.2, 0.25) is 0 Å². The van der Waals surface area contributed by atoms with Gasteiger partial charge in [-0.15, -0.1) is 6.58 Å². The topological polar surface area (TPSA) is 40.5 Å². The van der Waals surface area contributed by atoms with E-state index in [1.165, 1.54) is 0 Å². The lowest BCUT2D eigenvalue weighted by Crippen LogP contribution is -2.70. The van der Waals surface area contributed by atoms with Gasteiger partial charge in [0.1, 0.15) is 0 Å². The van der Waals surface area contributed by atoms with Gasteiger partial charge in [0.2, 0.25) is 0 Å². The number of rotatable bonds is 16. The first-order valence-corrected chi connectivity index (χ1v) is 9.40. The van der Waals surface area contributed by atoms with Crippen LogP contribution in [-0.2, 0) is 0 Å². The Morgan fingerprint density at radius 1 is 0.594 bits per heavy atom. The summed E-state index contributed by atoms with van der Waals surface area (Å²) in [6, 6.07) is 0. The second kappa shape index (κ2) is 10.8. The fourth-order valence-corrected chi connectivity index (χ4v) is 2.66. The Bertz CT molecular complexity index is 589. The molecule has 0 radical (unpaired) electrons. The summed E-state index contributed by atoms with van der Waals surface area (Å²) in [7, 11) is 0. The van der Waals surface area contributed by atoms with Gasteiger partial charge < -0.3 is 10.2 Å². The highest BCUT2D eigenvalue weighted by molar-refractivity contribution is 5.11. The maximum Gasteiger partial charge on any atom is 0.384 e. The monoisotopic (exact) mass is 500 g/mol. The van der Waals surface area contributed by atoms with Crippen molar-refractivity contribution in [1.29, 1.82) is 0 Å². The molecule has 0 unspecified atom stereocenters. The van der Waals surface area contributed by atoms with Gasteiger partial charge in [-0.3, -0.25) is 0 Å². The molecule has 0 aliphatic heterocycles. The van der Waals surface area contributed by atoms with E-state index in [1.807, 2.05) is 0 Å². The van der Waals surface area contributed by atoms with Crippen molar-refractivity contribution in [3.63, 3.8) is 0 Å². The Balaban J connectivity index is 5.80. The second-order valence-corrected chi connectivity index (χ2v) is 7.36. The minimum Gasteiger partial charge on any atom is -0.396 e. The first kappa shape index (κ1) is 30.8. The Labute approximate surface area is 176 Å². The summed E-state index contributed by atoms with van der Waals surface area (Å²) in [5, 5.41) is 17.5. The molecule has 32 heavy (non-hydrogen) atoms. The van der Waals surface area contributed by atoms with Gasteiger partial charge in [-0.1, -0.05) is 6.08 Å². The maximum atomic E-state index is 13.8. The lowest BCUT2D eigenvalue weighted by Gasteiger charge is -2.41. The molecule has 0 aromatic rings. The van der Waals surface area contributed by atoms with Crippen LogP contribution in [0.15, 0.2) is 12.7 Å². The molecule has 14 heteroatoms. The van der Waals surface area contributed by atoms with Gasteiger partial charge in [0.05, 0.1) is 0 Å². The van der Waals surface area contributed by atoms with Crippen LogP contribution in [0.5, 0.6) is 0 Å². The third kappa shape index (κ3) is 5.84. The second-order valence-electron chi connectivity index (χ2n) is 7.36. The molecule has 0 bridgehead atoms. The zero-order chi connectivity index (χ0) is 25.6. The highest BCUT2D eigenvalue weighted by Crippen LogP contribution is 2.61. The fourth-order valence-electron chi connectivity index (χ4n) is 2.66. The predicted octanol–water partition coefficient (Wildman–Crippen LogP) is 6.32. The zero-order valence-electron chi connectivity index (χ0n) is 16.7. The molecule has 0 heterocycles. The first-order chi connectivity index (χ1) is 14.3. The summed E-state index contributed by atoms with van der Waals surface area (Å²) < 4.78 is 165. The Morgan fingerprint density at radius 3 is 1.31 bits per heavy atom. The number of unbranched alkanes of at least 4 members (excludes halogenated alkanes) is 2. The van der Waals surface area contributed by atoms with E-state index in [0.717, 1.165) is 6.08 Å². The Kier molecular flexibility index (Phi) is 10.4. The standard InChI is InChI=1S/C18H24F12O2/c1-2-3-4-5-8-13(19,20)15(23,24)17(27,28)18(29,30)16(25,26)14(21,22)9-6-7-12(10-31)11-32/h2,12,31-32H,1,3-11H2. The molecule has 0 atom stereocenters. The molecular weight excluding hydrogens is 476 g/mol. The molecule has 0 aromatic carbocycles. The lowest BCUT2D eigenvalue weighted by atomic mass is 9.88. The summed E-state index contributed by atoms with van der Waals surface area (Å²) in [4.78, 5) is 0. The molecule has 0 aliphatic carbocycles. The molecule has 2 N–H and O–H groups in total. The van der Waals surface area contributed by atoms with E-state index in [9.17, 15) is 52.7 Å². The van der Waals surface area contributed by atoms with Gasteiger partial charge in [-0.05, 0) is 32.1 Å². The summed E-state index contributed by atoms with van der Waals surface area (Å²) in [6.07, 6.45) is -6.09. The zero-order valence-corrected chi connectivity index (χ0v) is 16.7. The number of aliphatic hydroxyl groups excluding tert-OH is 2. The van der Waals surface area contributed by atoms with E-state index in [-0.39, 0.29) is 12.8 Å². The van der Waals surface area contributed by atoms with Crippen LogP contribution in [0.1, 0.15) is 44.9 Å². The van der Waals surface area contributed by atoms with Gasteiger partial charge in [0, 0.05) is 32.0 Å². The van der Waals surface area contributed by atoms with Crippen LogP contribution in [-0.4, -0.2) is 59.0 Å². The van der Waals surface area contributed by atoms with Crippen molar-refractivity contribution in [2.24, 2.45) is 5.92 Å². The number of hydrogen-bond acceptors (Lipinski definition) is 2. The van der Waals surface area contributed by atoms with Crippen LogP contribution in [0.4, 0.5) is 52.7 Å². The Morgan fingerprint density at radius 2 is 0.969 bits per heavy atom. The van der Waals surface area contributed by atoms with Crippen LogP contribution in [0.3, 0.4) is 0 Å². The van der Waals surface area contributed by atoms with Gasteiger partial charge in [-0.25, -0.2) is 0 Å². The van der Waals surface area contributed by atoms with E-state index in [2.05, 4.69) is 6.58 Å². The molecule has 0 rings (SSSR count). The van der Waals surface area contributed by atoms with Crippen LogP contribution in [0.25, 0.3) is 0 Å². The van der Waals surface area contributed by atoms with Crippen molar-refractivity contribution in [3.8, 4) is 0 Å². The maximum absolute atomic E-state index is 13.8. The van der Waals surface area contributed by atoms with Crippen LogP contribution < -0.4 is 0 Å². The molecular formula is C18H24F12O2. The van der Waals surface area contributed by atoms with Gasteiger partial charge in [-0.2, -0.15) is 52.7 Å². The molecule has 0 amide bonds. The number of aliphatic hydroxyl groups is 2. The molecule has 0 aromatic heterocycles. The first-order valence-electron chi connectivity index (χ1n) is 9.40. The van der Waals surface area contributed by atoms with Gasteiger partial charge >= 0.3 is 35.5 Å². The third-order valence-electron chi connectivity index (χ3n) is 4.87. The average molecular weight is 500 g/mol. The van der Waals surface area contributed by atoms with Crippen LogP contribution >= 0.6 is 0 Å². The van der Waals surface area contributed by atoms with Crippen molar-refractivity contribution in [2.45, 2.75) is 80.5 Å².